The van der Waals surface area contributed by atoms with Gasteiger partial charge < -0.3 is 20.4 Å². The highest BCUT2D eigenvalue weighted by atomic mass is 16.5. The molecule has 2 N–H and O–H groups in total. The lowest BCUT2D eigenvalue weighted by molar-refractivity contribution is 0.101. The Morgan fingerprint density at radius 2 is 1.77 bits per heavy atom. The SMILES string of the molecule is CC(=O)c1cccc(NC(=O)Nc2ccc3ncn(N4CCOCC4)c(=O)c3c2)c1. The Kier molecular flexibility index (Phi) is 5.44. The molecule has 1 fully saturated rings. The number of fused-ring (bicyclic) bond motifs is 1. The Morgan fingerprint density at radius 1 is 1.03 bits per heavy atom. The molecule has 9 heteroatoms. The average molecular weight is 407 g/mol. The van der Waals surface area contributed by atoms with E-state index in [1.54, 1.807) is 42.5 Å². The van der Waals surface area contributed by atoms with Crippen molar-refractivity contribution in [2.24, 2.45) is 0 Å². The number of amides is 2. The van der Waals surface area contributed by atoms with E-state index in [0.29, 0.717) is 54.1 Å². The summed E-state index contributed by atoms with van der Waals surface area (Å²) in [6, 6.07) is 11.2. The number of hydrogen-bond acceptors (Lipinski definition) is 6. The zero-order valence-electron chi connectivity index (χ0n) is 16.4. The Balaban J connectivity index is 1.54. The molecule has 0 bridgehead atoms. The van der Waals surface area contributed by atoms with Gasteiger partial charge in [-0.05, 0) is 37.3 Å². The second-order valence-corrected chi connectivity index (χ2v) is 6.91. The van der Waals surface area contributed by atoms with E-state index in [1.165, 1.54) is 17.9 Å². The van der Waals surface area contributed by atoms with Crippen molar-refractivity contribution in [1.82, 2.24) is 9.66 Å². The Bertz CT molecular complexity index is 1170. The number of Topliss-reactive ketones (excluding diaryl/α,β-unsaturated/α-hetero) is 1. The van der Waals surface area contributed by atoms with Crippen LogP contribution in [0.3, 0.4) is 0 Å². The maximum Gasteiger partial charge on any atom is 0.323 e. The molecule has 1 saturated heterocycles. The lowest BCUT2D eigenvalue weighted by Gasteiger charge is -2.29. The average Bonchev–Trinajstić information content (AvgIpc) is 2.75. The molecule has 2 amide bonds. The van der Waals surface area contributed by atoms with Crippen LogP contribution in [0.5, 0.6) is 0 Å². The number of nitrogens with zero attached hydrogens (tertiary/aromatic N) is 3. The number of urea groups is 1. The first kappa shape index (κ1) is 19.6. The van der Waals surface area contributed by atoms with Gasteiger partial charge in [0.2, 0.25) is 0 Å². The summed E-state index contributed by atoms with van der Waals surface area (Å²) < 4.78 is 6.82. The summed E-state index contributed by atoms with van der Waals surface area (Å²) in [4.78, 5) is 41.2. The molecule has 154 valence electrons. The summed E-state index contributed by atoms with van der Waals surface area (Å²) in [7, 11) is 0. The molecule has 1 aromatic heterocycles. The number of carbonyl (C=O) groups excluding carboxylic acids is 2. The number of hydrogen-bond donors (Lipinski definition) is 2. The molecule has 2 heterocycles. The van der Waals surface area contributed by atoms with E-state index in [-0.39, 0.29) is 11.3 Å². The van der Waals surface area contributed by atoms with Crippen LogP contribution in [0.4, 0.5) is 16.2 Å². The molecule has 30 heavy (non-hydrogen) atoms. The third-order valence-corrected chi connectivity index (χ3v) is 4.82. The van der Waals surface area contributed by atoms with Gasteiger partial charge in [0.05, 0.1) is 37.2 Å². The summed E-state index contributed by atoms with van der Waals surface area (Å²) in [5.74, 6) is -0.0855. The molecule has 0 radical (unpaired) electrons. The zero-order valence-corrected chi connectivity index (χ0v) is 16.4. The molecular weight excluding hydrogens is 386 g/mol. The van der Waals surface area contributed by atoms with Crippen molar-refractivity contribution in [3.05, 3.63) is 64.7 Å². The topological polar surface area (TPSA) is 106 Å². The Labute approximate surface area is 172 Å². The van der Waals surface area contributed by atoms with E-state index in [4.69, 9.17) is 4.74 Å². The van der Waals surface area contributed by atoms with Crippen LogP contribution >= 0.6 is 0 Å². The number of benzene rings is 2. The molecule has 0 saturated carbocycles. The van der Waals surface area contributed by atoms with Crippen molar-refractivity contribution in [3.63, 3.8) is 0 Å². The lowest BCUT2D eigenvalue weighted by atomic mass is 10.1. The molecule has 0 spiro atoms. The fraction of sp³-hybridized carbons (Fsp3) is 0.238. The number of ketones is 1. The van der Waals surface area contributed by atoms with Crippen molar-refractivity contribution < 1.29 is 14.3 Å². The highest BCUT2D eigenvalue weighted by Gasteiger charge is 2.15. The number of carbonyl (C=O) groups is 2. The summed E-state index contributed by atoms with van der Waals surface area (Å²) >= 11 is 0. The van der Waals surface area contributed by atoms with Crippen molar-refractivity contribution in [2.75, 3.05) is 41.9 Å². The molecule has 9 nitrogen and oxygen atoms in total. The molecule has 0 unspecified atom stereocenters. The van der Waals surface area contributed by atoms with E-state index in [9.17, 15) is 14.4 Å². The van der Waals surface area contributed by atoms with Crippen molar-refractivity contribution in [1.29, 1.82) is 0 Å². The summed E-state index contributed by atoms with van der Waals surface area (Å²) in [5, 5.41) is 7.69. The normalized spacial score (nSPS) is 13.8. The molecular formula is C21H21N5O4. The van der Waals surface area contributed by atoms with Gasteiger partial charge in [0, 0.05) is 16.9 Å². The molecule has 4 rings (SSSR count). The number of morpholine rings is 1. The van der Waals surface area contributed by atoms with Gasteiger partial charge in [-0.1, -0.05) is 12.1 Å². The molecule has 3 aromatic rings. The van der Waals surface area contributed by atoms with Gasteiger partial charge in [0.15, 0.2) is 5.78 Å². The number of anilines is 2. The van der Waals surface area contributed by atoms with E-state index < -0.39 is 6.03 Å². The second-order valence-electron chi connectivity index (χ2n) is 6.91. The standard InChI is InChI=1S/C21H21N5O4/c1-14(27)15-3-2-4-16(11-15)23-21(29)24-17-5-6-19-18(12-17)20(28)26(13-22-19)25-7-9-30-10-8-25/h2-6,11-13H,7-10H2,1H3,(H2,23,24,29). The van der Waals surface area contributed by atoms with Gasteiger partial charge in [0.25, 0.3) is 5.56 Å². The molecule has 2 aromatic carbocycles. The third kappa shape index (κ3) is 4.15. The van der Waals surface area contributed by atoms with Crippen molar-refractivity contribution in [2.45, 2.75) is 6.92 Å². The van der Waals surface area contributed by atoms with Crippen LogP contribution in [0, 0.1) is 0 Å². The van der Waals surface area contributed by atoms with Crippen LogP contribution in [0.2, 0.25) is 0 Å². The first-order valence-corrected chi connectivity index (χ1v) is 9.55. The molecule has 0 aliphatic carbocycles. The fourth-order valence-electron chi connectivity index (χ4n) is 3.27. The minimum Gasteiger partial charge on any atom is -0.378 e. The van der Waals surface area contributed by atoms with E-state index in [1.807, 2.05) is 5.01 Å². The van der Waals surface area contributed by atoms with E-state index in [2.05, 4.69) is 15.6 Å². The zero-order chi connectivity index (χ0) is 21.1. The second kappa shape index (κ2) is 8.34. The quantitative estimate of drug-likeness (QED) is 0.643. The first-order valence-electron chi connectivity index (χ1n) is 9.55. The third-order valence-electron chi connectivity index (χ3n) is 4.82. The summed E-state index contributed by atoms with van der Waals surface area (Å²) in [6.07, 6.45) is 1.51. The van der Waals surface area contributed by atoms with Gasteiger partial charge >= 0.3 is 6.03 Å². The van der Waals surface area contributed by atoms with Gasteiger partial charge in [-0.15, -0.1) is 0 Å². The Morgan fingerprint density at radius 3 is 2.50 bits per heavy atom. The van der Waals surface area contributed by atoms with E-state index >= 15 is 0 Å². The van der Waals surface area contributed by atoms with Gasteiger partial charge in [0.1, 0.15) is 6.33 Å². The molecule has 1 aliphatic heterocycles. The minimum absolute atomic E-state index is 0.0855. The van der Waals surface area contributed by atoms with Gasteiger partial charge in [-0.25, -0.2) is 14.5 Å². The number of nitrogens with one attached hydrogen (secondary N) is 2. The number of rotatable bonds is 4. The van der Waals surface area contributed by atoms with Crippen molar-refractivity contribution in [3.8, 4) is 0 Å². The predicted octanol–water partition coefficient (Wildman–Crippen LogP) is 2.21. The lowest BCUT2D eigenvalue weighted by Crippen LogP contribution is -2.48. The van der Waals surface area contributed by atoms with E-state index in [0.717, 1.165) is 0 Å². The highest BCUT2D eigenvalue weighted by Crippen LogP contribution is 2.16. The predicted molar refractivity (Wildman–Crippen MR) is 114 cm³/mol. The number of aromatic nitrogens is 2. The molecule has 1 aliphatic rings. The van der Waals surface area contributed by atoms with Crippen LogP contribution < -0.4 is 21.2 Å². The van der Waals surface area contributed by atoms with Gasteiger partial charge in [-0.3, -0.25) is 9.59 Å². The molecule has 0 atom stereocenters. The van der Waals surface area contributed by atoms with Crippen LogP contribution in [0.25, 0.3) is 10.9 Å². The van der Waals surface area contributed by atoms with Crippen LogP contribution in [0.15, 0.2) is 53.6 Å². The smallest absolute Gasteiger partial charge is 0.323 e. The Hall–Kier alpha value is -3.72. The van der Waals surface area contributed by atoms with Gasteiger partial charge in [-0.2, -0.15) is 0 Å². The summed E-state index contributed by atoms with van der Waals surface area (Å²) in [5.41, 5.74) is 1.80. The maximum atomic E-state index is 12.9. The van der Waals surface area contributed by atoms with Crippen molar-refractivity contribution >= 4 is 34.1 Å². The number of ether oxygens (including phenoxy) is 1. The maximum absolute atomic E-state index is 12.9. The largest absolute Gasteiger partial charge is 0.378 e. The summed E-state index contributed by atoms with van der Waals surface area (Å²) in [6.45, 7) is 3.78. The minimum atomic E-state index is -0.479. The van der Waals surface area contributed by atoms with Crippen LogP contribution in [0.1, 0.15) is 17.3 Å². The van der Waals surface area contributed by atoms with Crippen LogP contribution in [-0.2, 0) is 4.74 Å². The van der Waals surface area contributed by atoms with Crippen LogP contribution in [-0.4, -0.2) is 47.8 Å². The fourth-order valence-corrected chi connectivity index (χ4v) is 3.27. The first-order chi connectivity index (χ1) is 14.5. The highest BCUT2D eigenvalue weighted by molar-refractivity contribution is 6.02. The monoisotopic (exact) mass is 407 g/mol.